The third-order valence-electron chi connectivity index (χ3n) is 2.82. The summed E-state index contributed by atoms with van der Waals surface area (Å²) < 4.78 is 3.86. The zero-order valence-electron chi connectivity index (χ0n) is 10.6. The van der Waals surface area contributed by atoms with Gasteiger partial charge in [-0.3, -0.25) is 0 Å². The van der Waals surface area contributed by atoms with Gasteiger partial charge in [0.25, 0.3) is 0 Å². The van der Waals surface area contributed by atoms with Crippen LogP contribution in [0.25, 0.3) is 5.65 Å². The number of nitrogens with two attached hydrogens (primary N) is 1. The second-order valence-corrected chi connectivity index (χ2v) is 4.48. The Hall–Kier alpha value is -2.57. The van der Waals surface area contributed by atoms with E-state index >= 15 is 0 Å². The lowest BCUT2D eigenvalue weighted by Crippen LogP contribution is -2.22. The zero-order valence-corrected chi connectivity index (χ0v) is 10.6. The summed E-state index contributed by atoms with van der Waals surface area (Å²) in [6.45, 7) is 2.87. The molecule has 98 valence electrons. The van der Waals surface area contributed by atoms with Gasteiger partial charge in [0.15, 0.2) is 11.5 Å². The molecule has 0 amide bonds. The Morgan fingerprint density at radius 2 is 2.26 bits per heavy atom. The molecule has 0 aromatic carbocycles. The van der Waals surface area contributed by atoms with E-state index in [1.54, 1.807) is 24.9 Å². The summed E-state index contributed by atoms with van der Waals surface area (Å²) in [5.74, 6) is 1.15. The first kappa shape index (κ1) is 11.5. The van der Waals surface area contributed by atoms with E-state index in [-0.39, 0.29) is 6.04 Å². The third-order valence-corrected chi connectivity index (χ3v) is 2.82. The first-order valence-electron chi connectivity index (χ1n) is 6.04. The molecule has 0 saturated carbocycles. The minimum absolute atomic E-state index is 0.184. The highest BCUT2D eigenvalue weighted by molar-refractivity contribution is 5.65. The van der Waals surface area contributed by atoms with Gasteiger partial charge in [-0.05, 0) is 6.92 Å². The SMILES string of the molecule is CC(Cn1ccnc1)Nc1nc(N)cn2ccnc12. The van der Waals surface area contributed by atoms with E-state index in [0.717, 1.165) is 12.2 Å². The molecule has 0 radical (unpaired) electrons. The van der Waals surface area contributed by atoms with Crippen molar-refractivity contribution in [1.82, 2.24) is 23.9 Å². The minimum atomic E-state index is 0.184. The van der Waals surface area contributed by atoms with Crippen LogP contribution in [0.5, 0.6) is 0 Å². The highest BCUT2D eigenvalue weighted by Gasteiger charge is 2.09. The van der Waals surface area contributed by atoms with E-state index in [4.69, 9.17) is 5.73 Å². The number of nitrogen functional groups attached to an aromatic ring is 1. The van der Waals surface area contributed by atoms with Crippen LogP contribution in [-0.2, 0) is 6.54 Å². The van der Waals surface area contributed by atoms with Gasteiger partial charge in [-0.25, -0.2) is 15.0 Å². The Morgan fingerprint density at radius 3 is 3.05 bits per heavy atom. The van der Waals surface area contributed by atoms with E-state index in [0.29, 0.717) is 11.6 Å². The molecule has 0 fully saturated rings. The van der Waals surface area contributed by atoms with Crippen molar-refractivity contribution in [3.8, 4) is 0 Å². The van der Waals surface area contributed by atoms with Crippen LogP contribution in [0.3, 0.4) is 0 Å². The molecule has 0 aliphatic carbocycles. The molecule has 3 heterocycles. The van der Waals surface area contributed by atoms with Gasteiger partial charge in [-0.15, -0.1) is 0 Å². The quantitative estimate of drug-likeness (QED) is 0.728. The van der Waals surface area contributed by atoms with Crippen LogP contribution in [0.4, 0.5) is 11.6 Å². The number of fused-ring (bicyclic) bond motifs is 1. The lowest BCUT2D eigenvalue weighted by molar-refractivity contribution is 0.617. The Kier molecular flexibility index (Phi) is 2.79. The van der Waals surface area contributed by atoms with Crippen molar-refractivity contribution in [2.45, 2.75) is 19.5 Å². The highest BCUT2D eigenvalue weighted by atomic mass is 15.1. The van der Waals surface area contributed by atoms with Gasteiger partial charge >= 0.3 is 0 Å². The standard InChI is InChI=1S/C12H15N7/c1-9(6-18-4-2-14-8-18)16-11-12-15-3-5-19(12)7-10(13)17-11/h2-5,7-9H,6,13H2,1H3,(H,16,17). The van der Waals surface area contributed by atoms with E-state index in [9.17, 15) is 0 Å². The summed E-state index contributed by atoms with van der Waals surface area (Å²) in [5, 5.41) is 3.33. The van der Waals surface area contributed by atoms with Crippen LogP contribution in [0, 0.1) is 0 Å². The summed E-state index contributed by atoms with van der Waals surface area (Å²) in [6.07, 6.45) is 10.8. The van der Waals surface area contributed by atoms with Gasteiger partial charge in [0.2, 0.25) is 0 Å². The van der Waals surface area contributed by atoms with Crippen molar-refractivity contribution in [2.75, 3.05) is 11.1 Å². The van der Waals surface area contributed by atoms with Crippen LogP contribution in [0.15, 0.2) is 37.3 Å². The maximum Gasteiger partial charge on any atom is 0.180 e. The lowest BCUT2D eigenvalue weighted by atomic mass is 10.3. The van der Waals surface area contributed by atoms with Crippen LogP contribution in [-0.4, -0.2) is 30.0 Å². The number of imidazole rings is 2. The van der Waals surface area contributed by atoms with Gasteiger partial charge in [0.05, 0.1) is 12.5 Å². The lowest BCUT2D eigenvalue weighted by Gasteiger charge is -2.15. The Labute approximate surface area is 110 Å². The number of nitrogens with zero attached hydrogens (tertiary/aromatic N) is 5. The molecule has 0 aliphatic rings. The molecule has 0 aliphatic heterocycles. The smallest absolute Gasteiger partial charge is 0.180 e. The molecule has 0 bridgehead atoms. The average molecular weight is 257 g/mol. The fourth-order valence-corrected chi connectivity index (χ4v) is 2.04. The first-order chi connectivity index (χ1) is 9.22. The summed E-state index contributed by atoms with van der Waals surface area (Å²) in [7, 11) is 0. The van der Waals surface area contributed by atoms with Crippen molar-refractivity contribution in [3.63, 3.8) is 0 Å². The molecule has 3 aromatic heterocycles. The normalized spacial score (nSPS) is 12.7. The van der Waals surface area contributed by atoms with E-state index in [1.807, 2.05) is 21.4 Å². The minimum Gasteiger partial charge on any atom is -0.382 e. The van der Waals surface area contributed by atoms with Gasteiger partial charge in [-0.2, -0.15) is 0 Å². The van der Waals surface area contributed by atoms with Crippen molar-refractivity contribution < 1.29 is 0 Å². The van der Waals surface area contributed by atoms with Crippen LogP contribution < -0.4 is 11.1 Å². The fraction of sp³-hybridized carbons (Fsp3) is 0.250. The monoisotopic (exact) mass is 257 g/mol. The Bertz CT molecular complexity index is 671. The second kappa shape index (κ2) is 4.60. The molecule has 0 spiro atoms. The number of rotatable bonds is 4. The van der Waals surface area contributed by atoms with Crippen LogP contribution in [0.2, 0.25) is 0 Å². The van der Waals surface area contributed by atoms with Gasteiger partial charge in [-0.1, -0.05) is 0 Å². The molecular weight excluding hydrogens is 242 g/mol. The fourth-order valence-electron chi connectivity index (χ4n) is 2.04. The Morgan fingerprint density at radius 1 is 1.37 bits per heavy atom. The molecular formula is C12H15N7. The number of hydrogen-bond donors (Lipinski definition) is 2. The first-order valence-corrected chi connectivity index (χ1v) is 6.04. The summed E-state index contributed by atoms with van der Waals surface area (Å²) >= 11 is 0. The maximum atomic E-state index is 5.78. The number of nitrogens with one attached hydrogen (secondary N) is 1. The summed E-state index contributed by atoms with van der Waals surface area (Å²) in [6, 6.07) is 0.184. The topological polar surface area (TPSA) is 86.1 Å². The van der Waals surface area contributed by atoms with E-state index < -0.39 is 0 Å². The highest BCUT2D eigenvalue weighted by Crippen LogP contribution is 2.15. The van der Waals surface area contributed by atoms with E-state index in [2.05, 4.69) is 27.2 Å². The van der Waals surface area contributed by atoms with E-state index in [1.165, 1.54) is 0 Å². The molecule has 19 heavy (non-hydrogen) atoms. The summed E-state index contributed by atoms with van der Waals surface area (Å²) in [5.41, 5.74) is 6.55. The van der Waals surface area contributed by atoms with Crippen LogP contribution >= 0.6 is 0 Å². The predicted molar refractivity (Wildman–Crippen MR) is 72.7 cm³/mol. The van der Waals surface area contributed by atoms with Gasteiger partial charge in [0.1, 0.15) is 5.82 Å². The zero-order chi connectivity index (χ0) is 13.2. The number of hydrogen-bond acceptors (Lipinski definition) is 5. The summed E-state index contributed by atoms with van der Waals surface area (Å²) in [4.78, 5) is 12.6. The van der Waals surface area contributed by atoms with Crippen molar-refractivity contribution >= 4 is 17.3 Å². The van der Waals surface area contributed by atoms with Crippen LogP contribution in [0.1, 0.15) is 6.92 Å². The molecule has 3 aromatic rings. The predicted octanol–water partition coefficient (Wildman–Crippen LogP) is 1.01. The molecule has 3 rings (SSSR count). The molecule has 3 N–H and O–H groups in total. The molecule has 7 heteroatoms. The number of anilines is 2. The largest absolute Gasteiger partial charge is 0.382 e. The second-order valence-electron chi connectivity index (χ2n) is 4.48. The maximum absolute atomic E-state index is 5.78. The van der Waals surface area contributed by atoms with Crippen molar-refractivity contribution in [1.29, 1.82) is 0 Å². The van der Waals surface area contributed by atoms with Crippen molar-refractivity contribution in [3.05, 3.63) is 37.3 Å². The van der Waals surface area contributed by atoms with Crippen molar-refractivity contribution in [2.24, 2.45) is 0 Å². The van der Waals surface area contributed by atoms with Gasteiger partial charge < -0.3 is 20.0 Å². The average Bonchev–Trinajstić information content (AvgIpc) is 2.99. The van der Waals surface area contributed by atoms with Gasteiger partial charge in [0, 0.05) is 37.4 Å². The third kappa shape index (κ3) is 2.35. The Balaban J connectivity index is 1.82. The number of aromatic nitrogens is 5. The molecule has 1 atom stereocenters. The molecule has 7 nitrogen and oxygen atoms in total. The molecule has 0 saturated heterocycles. The molecule has 1 unspecified atom stereocenters.